The molecule has 0 aliphatic heterocycles. The Bertz CT molecular complexity index is 1580. The second-order valence-corrected chi connectivity index (χ2v) is 8.87. The van der Waals surface area contributed by atoms with Crippen molar-refractivity contribution in [2.24, 2.45) is 0 Å². The number of H-pyrrole nitrogens is 1. The highest BCUT2D eigenvalue weighted by molar-refractivity contribution is 5.97. The number of hydrogen-bond acceptors (Lipinski definition) is 6. The Balaban J connectivity index is 1.49. The zero-order chi connectivity index (χ0) is 25.8. The highest BCUT2D eigenvalue weighted by Crippen LogP contribution is 2.29. The fourth-order valence-corrected chi connectivity index (χ4v) is 4.46. The average Bonchev–Trinajstić information content (AvgIpc) is 3.57. The highest BCUT2D eigenvalue weighted by atomic mass is 16.2. The van der Waals surface area contributed by atoms with E-state index in [0.29, 0.717) is 23.6 Å². The highest BCUT2D eigenvalue weighted by Gasteiger charge is 2.17. The molecule has 0 amide bonds. The molecule has 186 valence electrons. The Morgan fingerprint density at radius 1 is 1.00 bits per heavy atom. The lowest BCUT2D eigenvalue weighted by molar-refractivity contribution is 0.101. The van der Waals surface area contributed by atoms with Gasteiger partial charge in [-0.25, -0.2) is 9.89 Å². The van der Waals surface area contributed by atoms with Gasteiger partial charge >= 0.3 is 5.69 Å². The van der Waals surface area contributed by atoms with E-state index >= 15 is 0 Å². The molecule has 0 unspecified atom stereocenters. The summed E-state index contributed by atoms with van der Waals surface area (Å²) in [5.74, 6) is 0.503. The third-order valence-corrected chi connectivity index (χ3v) is 6.37. The number of aromatic amines is 1. The molecule has 0 aliphatic rings. The van der Waals surface area contributed by atoms with E-state index in [2.05, 4.69) is 32.5 Å². The van der Waals surface area contributed by atoms with E-state index in [1.54, 1.807) is 27.5 Å². The first-order valence-electron chi connectivity index (χ1n) is 12.3. The van der Waals surface area contributed by atoms with E-state index in [0.717, 1.165) is 47.3 Å². The minimum atomic E-state index is -0.186. The van der Waals surface area contributed by atoms with Gasteiger partial charge in [0, 0.05) is 34.8 Å². The molecule has 3 aromatic heterocycles. The topological polar surface area (TPSA) is 111 Å². The van der Waals surface area contributed by atoms with Crippen LogP contribution in [0.5, 0.6) is 0 Å². The van der Waals surface area contributed by atoms with Gasteiger partial charge in [-0.1, -0.05) is 55.8 Å². The minimum Gasteiger partial charge on any atom is -0.294 e. The Morgan fingerprint density at radius 2 is 1.78 bits per heavy atom. The predicted molar refractivity (Wildman–Crippen MR) is 141 cm³/mol. The number of aromatic nitrogens is 7. The number of nitrogens with one attached hydrogen (secondary N) is 1. The summed E-state index contributed by atoms with van der Waals surface area (Å²) in [6.45, 7) is 3.97. The second-order valence-electron chi connectivity index (χ2n) is 8.87. The van der Waals surface area contributed by atoms with Crippen LogP contribution in [0.3, 0.4) is 0 Å². The maximum Gasteiger partial charge on any atom is 0.333 e. The van der Waals surface area contributed by atoms with Gasteiger partial charge < -0.3 is 0 Å². The Kier molecular flexibility index (Phi) is 6.85. The number of nitrogens with zero attached hydrogens (tertiary/aromatic N) is 6. The lowest BCUT2D eigenvalue weighted by Gasteiger charge is -2.09. The van der Waals surface area contributed by atoms with Crippen molar-refractivity contribution in [2.75, 3.05) is 0 Å². The minimum absolute atomic E-state index is 0.0796. The van der Waals surface area contributed by atoms with Gasteiger partial charge in [-0.15, -0.1) is 5.10 Å². The van der Waals surface area contributed by atoms with Crippen molar-refractivity contribution < 1.29 is 4.79 Å². The molecule has 0 atom stereocenters. The third-order valence-electron chi connectivity index (χ3n) is 6.37. The number of pyridine rings is 1. The number of hydrogen-bond donors (Lipinski definition) is 1. The molecule has 0 spiro atoms. The van der Waals surface area contributed by atoms with E-state index in [9.17, 15) is 9.59 Å². The van der Waals surface area contributed by atoms with Crippen LogP contribution >= 0.6 is 0 Å². The SMILES string of the molecule is CCCCc1cn(-c2ccccc2C(C)=O)c(=O)n1Cc1ccc(-c2ccccc2-c2nnn[nH]2)cn1. The molecule has 2 aromatic carbocycles. The maximum atomic E-state index is 13.6. The molecular formula is C28H27N7O2. The number of rotatable bonds is 9. The number of aryl methyl sites for hydroxylation is 1. The molecule has 5 rings (SSSR count). The van der Waals surface area contributed by atoms with Gasteiger partial charge in [0.1, 0.15) is 0 Å². The molecule has 0 saturated carbocycles. The first-order valence-corrected chi connectivity index (χ1v) is 12.3. The molecular weight excluding hydrogens is 466 g/mol. The summed E-state index contributed by atoms with van der Waals surface area (Å²) < 4.78 is 3.33. The van der Waals surface area contributed by atoms with Crippen molar-refractivity contribution in [1.29, 1.82) is 0 Å². The molecule has 1 N–H and O–H groups in total. The summed E-state index contributed by atoms with van der Waals surface area (Å²) in [5.41, 5.74) is 5.36. The summed E-state index contributed by atoms with van der Waals surface area (Å²) in [5, 5.41) is 14.2. The predicted octanol–water partition coefficient (Wildman–Crippen LogP) is 4.47. The fraction of sp³-hybridized carbons (Fsp3) is 0.214. The van der Waals surface area contributed by atoms with Crippen LogP contribution in [-0.2, 0) is 13.0 Å². The molecule has 0 bridgehead atoms. The molecule has 0 fully saturated rings. The van der Waals surface area contributed by atoms with Crippen molar-refractivity contribution in [3.05, 3.63) is 100 Å². The second kappa shape index (κ2) is 10.5. The van der Waals surface area contributed by atoms with E-state index in [4.69, 9.17) is 0 Å². The molecule has 9 nitrogen and oxygen atoms in total. The van der Waals surface area contributed by atoms with Gasteiger partial charge in [0.2, 0.25) is 0 Å². The monoisotopic (exact) mass is 493 g/mol. The standard InChI is InChI=1S/C28H27N7O2/c1-3-4-9-22-18-35(26-13-8-7-10-23(26)19(2)36)28(37)34(22)17-21-15-14-20(16-29-21)24-11-5-6-12-25(24)27-30-32-33-31-27/h5-8,10-16,18H,3-4,9,17H2,1-2H3,(H,30,31,32,33). The molecule has 0 aliphatic carbocycles. The summed E-state index contributed by atoms with van der Waals surface area (Å²) in [6, 6.07) is 19.0. The number of tetrazole rings is 1. The normalized spacial score (nSPS) is 11.1. The van der Waals surface area contributed by atoms with Gasteiger partial charge in [0.15, 0.2) is 11.6 Å². The number of carbonyl (C=O) groups excluding carboxylic acids is 1. The molecule has 3 heterocycles. The third kappa shape index (κ3) is 4.88. The number of carbonyl (C=O) groups is 1. The van der Waals surface area contributed by atoms with Crippen LogP contribution in [0.2, 0.25) is 0 Å². The zero-order valence-corrected chi connectivity index (χ0v) is 20.8. The number of imidazole rings is 1. The van der Waals surface area contributed by atoms with Gasteiger partial charge in [-0.3, -0.25) is 18.9 Å². The Morgan fingerprint density at radius 3 is 2.49 bits per heavy atom. The van der Waals surface area contributed by atoms with Crippen LogP contribution in [0.15, 0.2) is 77.9 Å². The van der Waals surface area contributed by atoms with Crippen LogP contribution < -0.4 is 5.69 Å². The van der Waals surface area contributed by atoms with Crippen LogP contribution in [-0.4, -0.2) is 40.5 Å². The molecule has 37 heavy (non-hydrogen) atoms. The lowest BCUT2D eigenvalue weighted by atomic mass is 10.0. The summed E-state index contributed by atoms with van der Waals surface area (Å²) >= 11 is 0. The Hall–Kier alpha value is -4.66. The van der Waals surface area contributed by atoms with Gasteiger partial charge in [0.25, 0.3) is 0 Å². The van der Waals surface area contributed by atoms with Gasteiger partial charge in [0.05, 0.1) is 17.9 Å². The van der Waals surface area contributed by atoms with Crippen molar-refractivity contribution in [1.82, 2.24) is 34.7 Å². The summed E-state index contributed by atoms with van der Waals surface area (Å²) in [6.07, 6.45) is 6.39. The quantitative estimate of drug-likeness (QED) is 0.303. The van der Waals surface area contributed by atoms with Crippen LogP contribution in [0, 0.1) is 0 Å². The number of Topliss-reactive ketones (excluding diaryl/α,β-unsaturated/α-hetero) is 1. The first-order chi connectivity index (χ1) is 18.1. The number of benzene rings is 2. The first kappa shape index (κ1) is 24.1. The van der Waals surface area contributed by atoms with Crippen LogP contribution in [0.25, 0.3) is 28.2 Å². The molecule has 0 saturated heterocycles. The number of ketones is 1. The smallest absolute Gasteiger partial charge is 0.294 e. The van der Waals surface area contributed by atoms with Crippen molar-refractivity contribution in [2.45, 2.75) is 39.7 Å². The average molecular weight is 494 g/mol. The molecule has 0 radical (unpaired) electrons. The summed E-state index contributed by atoms with van der Waals surface area (Å²) in [4.78, 5) is 30.4. The van der Waals surface area contributed by atoms with Gasteiger partial charge in [-0.2, -0.15) is 0 Å². The maximum absolute atomic E-state index is 13.6. The van der Waals surface area contributed by atoms with Crippen LogP contribution in [0.4, 0.5) is 0 Å². The number of unbranched alkanes of at least 4 members (excludes halogenated alkanes) is 1. The Labute approximate surface area is 213 Å². The zero-order valence-electron chi connectivity index (χ0n) is 20.8. The van der Waals surface area contributed by atoms with E-state index < -0.39 is 0 Å². The fourth-order valence-electron chi connectivity index (χ4n) is 4.46. The van der Waals surface area contributed by atoms with Crippen LogP contribution in [0.1, 0.15) is 48.4 Å². The molecule has 5 aromatic rings. The number of para-hydroxylation sites is 1. The molecule has 9 heteroatoms. The van der Waals surface area contributed by atoms with Crippen molar-refractivity contribution in [3.8, 4) is 28.2 Å². The van der Waals surface area contributed by atoms with E-state index in [1.165, 1.54) is 6.92 Å². The largest absolute Gasteiger partial charge is 0.333 e. The van der Waals surface area contributed by atoms with Crippen molar-refractivity contribution >= 4 is 5.78 Å². The van der Waals surface area contributed by atoms with E-state index in [1.807, 2.05) is 54.7 Å². The summed E-state index contributed by atoms with van der Waals surface area (Å²) in [7, 11) is 0. The van der Waals surface area contributed by atoms with E-state index in [-0.39, 0.29) is 11.5 Å². The lowest BCUT2D eigenvalue weighted by Crippen LogP contribution is -2.26. The van der Waals surface area contributed by atoms with Gasteiger partial charge in [-0.05, 0) is 54.0 Å². The van der Waals surface area contributed by atoms with Crippen molar-refractivity contribution in [3.63, 3.8) is 0 Å².